The maximum absolute atomic E-state index is 9.76. The second kappa shape index (κ2) is 7.28. The van der Waals surface area contributed by atoms with E-state index in [4.69, 9.17) is 9.47 Å². The van der Waals surface area contributed by atoms with Crippen LogP contribution in [0, 0.1) is 0 Å². The second-order valence-corrected chi connectivity index (χ2v) is 5.30. The van der Waals surface area contributed by atoms with Crippen LogP contribution in [0.1, 0.15) is 11.1 Å². The van der Waals surface area contributed by atoms with E-state index in [0.29, 0.717) is 29.2 Å². The molecule has 2 aromatic rings. The van der Waals surface area contributed by atoms with Gasteiger partial charge in [0.2, 0.25) is 5.88 Å². The molecule has 1 aromatic carbocycles. The molecule has 0 saturated carbocycles. The van der Waals surface area contributed by atoms with E-state index in [2.05, 4.69) is 26.2 Å². The molecule has 5 nitrogen and oxygen atoms in total. The summed E-state index contributed by atoms with van der Waals surface area (Å²) in [6.45, 7) is 1.35. The monoisotopic (exact) mass is 352 g/mol. The highest BCUT2D eigenvalue weighted by Crippen LogP contribution is 2.35. The van der Waals surface area contributed by atoms with E-state index in [0.717, 1.165) is 11.1 Å². The summed E-state index contributed by atoms with van der Waals surface area (Å²) in [4.78, 5) is 4.15. The molecule has 112 valence electrons. The molecular formula is C15H17BrN2O3. The lowest BCUT2D eigenvalue weighted by atomic mass is 10.2. The summed E-state index contributed by atoms with van der Waals surface area (Å²) in [5, 5.41) is 13.1. The van der Waals surface area contributed by atoms with Crippen LogP contribution in [0.3, 0.4) is 0 Å². The minimum Gasteiger partial charge on any atom is -0.503 e. The lowest BCUT2D eigenvalue weighted by molar-refractivity contribution is 0.371. The van der Waals surface area contributed by atoms with Gasteiger partial charge in [-0.05, 0) is 39.2 Å². The number of rotatable bonds is 6. The number of phenols is 1. The fraction of sp³-hybridized carbons (Fsp3) is 0.267. The molecule has 0 spiro atoms. The number of pyridine rings is 1. The first-order valence-electron chi connectivity index (χ1n) is 6.39. The highest BCUT2D eigenvalue weighted by molar-refractivity contribution is 9.10. The Morgan fingerprint density at radius 3 is 2.52 bits per heavy atom. The quantitative estimate of drug-likeness (QED) is 0.836. The molecule has 0 fully saturated rings. The number of benzene rings is 1. The van der Waals surface area contributed by atoms with Crippen LogP contribution in [0.25, 0.3) is 0 Å². The smallest absolute Gasteiger partial charge is 0.212 e. The molecular weight excluding hydrogens is 336 g/mol. The molecule has 0 bridgehead atoms. The molecule has 1 heterocycles. The Morgan fingerprint density at radius 1 is 1.14 bits per heavy atom. The normalized spacial score (nSPS) is 10.4. The van der Waals surface area contributed by atoms with E-state index >= 15 is 0 Å². The molecule has 2 N–H and O–H groups in total. The van der Waals surface area contributed by atoms with Crippen molar-refractivity contribution in [2.75, 3.05) is 14.2 Å². The molecule has 0 aliphatic rings. The van der Waals surface area contributed by atoms with Crippen molar-refractivity contribution in [2.45, 2.75) is 13.1 Å². The third-order valence-corrected chi connectivity index (χ3v) is 3.58. The SMILES string of the molecule is COc1ccc(CNCc2cc(Br)c(O)c(OC)c2)cn1. The van der Waals surface area contributed by atoms with Gasteiger partial charge in [-0.1, -0.05) is 6.07 Å². The van der Waals surface area contributed by atoms with Crippen molar-refractivity contribution in [3.05, 3.63) is 46.1 Å². The highest BCUT2D eigenvalue weighted by atomic mass is 79.9. The molecule has 2 rings (SSSR count). The van der Waals surface area contributed by atoms with Crippen LogP contribution < -0.4 is 14.8 Å². The lowest BCUT2D eigenvalue weighted by Gasteiger charge is -2.10. The van der Waals surface area contributed by atoms with Crippen LogP contribution >= 0.6 is 15.9 Å². The van der Waals surface area contributed by atoms with Gasteiger partial charge in [0.15, 0.2) is 11.5 Å². The predicted molar refractivity (Wildman–Crippen MR) is 83.7 cm³/mol. The van der Waals surface area contributed by atoms with Gasteiger partial charge in [0.1, 0.15) is 0 Å². The summed E-state index contributed by atoms with van der Waals surface area (Å²) >= 11 is 3.31. The van der Waals surface area contributed by atoms with E-state index in [9.17, 15) is 5.11 Å². The van der Waals surface area contributed by atoms with Crippen LogP contribution in [0.15, 0.2) is 34.9 Å². The fourth-order valence-electron chi connectivity index (χ4n) is 1.87. The topological polar surface area (TPSA) is 63.6 Å². The van der Waals surface area contributed by atoms with Crippen molar-refractivity contribution in [2.24, 2.45) is 0 Å². The number of aromatic hydroxyl groups is 1. The van der Waals surface area contributed by atoms with Crippen molar-refractivity contribution >= 4 is 15.9 Å². The number of nitrogens with one attached hydrogen (secondary N) is 1. The first kappa shape index (κ1) is 15.6. The molecule has 1 aromatic heterocycles. The maximum atomic E-state index is 9.76. The highest BCUT2D eigenvalue weighted by Gasteiger charge is 2.08. The summed E-state index contributed by atoms with van der Waals surface area (Å²) in [5.74, 6) is 1.17. The summed E-state index contributed by atoms with van der Waals surface area (Å²) in [5.41, 5.74) is 2.08. The number of phenolic OH excluding ortho intramolecular Hbond substituents is 1. The first-order chi connectivity index (χ1) is 10.1. The van der Waals surface area contributed by atoms with E-state index < -0.39 is 0 Å². The van der Waals surface area contributed by atoms with Gasteiger partial charge < -0.3 is 19.9 Å². The van der Waals surface area contributed by atoms with E-state index in [1.165, 1.54) is 7.11 Å². The first-order valence-corrected chi connectivity index (χ1v) is 7.18. The number of halogens is 1. The lowest BCUT2D eigenvalue weighted by Crippen LogP contribution is -2.13. The van der Waals surface area contributed by atoms with E-state index in [1.807, 2.05) is 18.2 Å². The van der Waals surface area contributed by atoms with Gasteiger partial charge in [-0.25, -0.2) is 4.98 Å². The van der Waals surface area contributed by atoms with E-state index in [1.54, 1.807) is 19.4 Å². The molecule has 21 heavy (non-hydrogen) atoms. The Hall–Kier alpha value is -1.79. The Morgan fingerprint density at radius 2 is 1.90 bits per heavy atom. The molecule has 0 aliphatic heterocycles. The number of hydrogen-bond acceptors (Lipinski definition) is 5. The minimum atomic E-state index is 0.112. The van der Waals surface area contributed by atoms with Gasteiger partial charge in [-0.2, -0.15) is 0 Å². The number of nitrogens with zero attached hydrogens (tertiary/aromatic N) is 1. The molecule has 0 atom stereocenters. The summed E-state index contributed by atoms with van der Waals surface area (Å²) in [7, 11) is 3.12. The number of methoxy groups -OCH3 is 2. The van der Waals surface area contributed by atoms with Gasteiger partial charge in [0.25, 0.3) is 0 Å². The van der Waals surface area contributed by atoms with Crippen molar-refractivity contribution in [1.82, 2.24) is 10.3 Å². The number of hydrogen-bond donors (Lipinski definition) is 2. The third-order valence-electron chi connectivity index (χ3n) is 2.97. The standard InChI is InChI=1S/C15H17BrN2O3/c1-20-13-6-11(5-12(16)15(13)19)8-17-7-10-3-4-14(21-2)18-9-10/h3-6,9,17,19H,7-8H2,1-2H3. The minimum absolute atomic E-state index is 0.112. The van der Waals surface area contributed by atoms with Crippen LogP contribution in [0.5, 0.6) is 17.4 Å². The zero-order chi connectivity index (χ0) is 15.2. The van der Waals surface area contributed by atoms with Gasteiger partial charge in [-0.3, -0.25) is 0 Å². The maximum Gasteiger partial charge on any atom is 0.212 e. The van der Waals surface area contributed by atoms with Crippen molar-refractivity contribution in [3.8, 4) is 17.4 Å². The molecule has 6 heteroatoms. The van der Waals surface area contributed by atoms with Crippen LogP contribution in [-0.4, -0.2) is 24.3 Å². The van der Waals surface area contributed by atoms with Crippen LogP contribution in [0.2, 0.25) is 0 Å². The largest absolute Gasteiger partial charge is 0.503 e. The van der Waals surface area contributed by atoms with Crippen molar-refractivity contribution in [3.63, 3.8) is 0 Å². The predicted octanol–water partition coefficient (Wildman–Crippen LogP) is 2.86. The van der Waals surface area contributed by atoms with E-state index in [-0.39, 0.29) is 5.75 Å². The molecule has 0 saturated heterocycles. The van der Waals surface area contributed by atoms with Gasteiger partial charge in [-0.15, -0.1) is 0 Å². The molecule has 0 unspecified atom stereocenters. The van der Waals surface area contributed by atoms with Gasteiger partial charge in [0, 0.05) is 25.4 Å². The molecule has 0 amide bonds. The average molecular weight is 353 g/mol. The zero-order valence-corrected chi connectivity index (χ0v) is 13.5. The Balaban J connectivity index is 1.95. The number of aromatic nitrogens is 1. The van der Waals surface area contributed by atoms with Crippen LogP contribution in [-0.2, 0) is 13.1 Å². The van der Waals surface area contributed by atoms with Crippen molar-refractivity contribution < 1.29 is 14.6 Å². The fourth-order valence-corrected chi connectivity index (χ4v) is 2.36. The Bertz CT molecular complexity index is 603. The average Bonchev–Trinajstić information content (AvgIpc) is 2.51. The second-order valence-electron chi connectivity index (χ2n) is 4.44. The Labute approximate surface area is 132 Å². The summed E-state index contributed by atoms with van der Waals surface area (Å²) < 4.78 is 10.8. The molecule has 0 aliphatic carbocycles. The Kier molecular flexibility index (Phi) is 5.41. The van der Waals surface area contributed by atoms with Gasteiger partial charge >= 0.3 is 0 Å². The zero-order valence-electron chi connectivity index (χ0n) is 11.9. The summed E-state index contributed by atoms with van der Waals surface area (Å²) in [6, 6.07) is 7.46. The number of ether oxygens (including phenoxy) is 2. The van der Waals surface area contributed by atoms with Gasteiger partial charge in [0.05, 0.1) is 18.7 Å². The summed E-state index contributed by atoms with van der Waals surface area (Å²) in [6.07, 6.45) is 1.78. The van der Waals surface area contributed by atoms with Crippen LogP contribution in [0.4, 0.5) is 0 Å². The third kappa shape index (κ3) is 4.09. The van der Waals surface area contributed by atoms with Crippen molar-refractivity contribution in [1.29, 1.82) is 0 Å². The molecule has 0 radical (unpaired) electrons.